The molecule has 7 nitrogen and oxygen atoms in total. The van der Waals surface area contributed by atoms with Crippen LogP contribution in [-0.2, 0) is 20.8 Å². The zero-order valence-corrected chi connectivity index (χ0v) is 18.4. The van der Waals surface area contributed by atoms with Crippen LogP contribution in [0.2, 0.25) is 5.02 Å². The zero-order valence-electron chi connectivity index (χ0n) is 17.7. The van der Waals surface area contributed by atoms with Gasteiger partial charge in [0.15, 0.2) is 0 Å². The van der Waals surface area contributed by atoms with Gasteiger partial charge in [0.1, 0.15) is 0 Å². The van der Waals surface area contributed by atoms with Gasteiger partial charge in [-0.3, -0.25) is 25.2 Å². The zero-order chi connectivity index (χ0) is 22.5. The highest BCUT2D eigenvalue weighted by atomic mass is 35.5. The van der Waals surface area contributed by atoms with E-state index in [0.717, 1.165) is 33.3 Å². The summed E-state index contributed by atoms with van der Waals surface area (Å²) in [5.74, 6) is -1.08. The number of aromatic nitrogens is 1. The summed E-state index contributed by atoms with van der Waals surface area (Å²) in [6.07, 6.45) is 0.0701. The highest BCUT2D eigenvalue weighted by molar-refractivity contribution is 6.30. The molecule has 0 unspecified atom stereocenters. The molecule has 1 heterocycles. The average molecular weight is 441 g/mol. The van der Waals surface area contributed by atoms with Gasteiger partial charge >= 0.3 is 0 Å². The number of nitrogens with one attached hydrogen (secondary N) is 4. The summed E-state index contributed by atoms with van der Waals surface area (Å²) in [5.41, 5.74) is 10.5. The first-order valence-electron chi connectivity index (χ1n) is 9.94. The van der Waals surface area contributed by atoms with E-state index in [1.807, 2.05) is 26.8 Å². The molecule has 2 aromatic carbocycles. The van der Waals surface area contributed by atoms with E-state index in [1.165, 1.54) is 0 Å². The number of benzene rings is 2. The number of hydrogen-bond donors (Lipinski definition) is 4. The number of hydrogen-bond acceptors (Lipinski definition) is 3. The van der Waals surface area contributed by atoms with Crippen LogP contribution in [0.1, 0.15) is 35.2 Å². The molecule has 0 radical (unpaired) electrons. The molecule has 0 saturated carbocycles. The van der Waals surface area contributed by atoms with Crippen LogP contribution in [0.25, 0.3) is 10.9 Å². The normalized spacial score (nSPS) is 10.7. The largest absolute Gasteiger partial charge is 0.358 e. The van der Waals surface area contributed by atoms with Gasteiger partial charge in [0, 0.05) is 40.1 Å². The van der Waals surface area contributed by atoms with E-state index < -0.39 is 5.91 Å². The molecule has 1 aromatic heterocycles. The molecule has 0 aliphatic carbocycles. The molecule has 0 aliphatic rings. The van der Waals surface area contributed by atoms with Gasteiger partial charge in [0.05, 0.1) is 6.42 Å². The Labute approximate surface area is 185 Å². The standard InChI is InChI=1S/C23H25ClN4O3/c1-13-10-14(2)23-19(11-13)18(15(3)25-23)12-22(31)28-27-21(30)9-8-20(29)26-17-6-4-16(24)5-7-17/h4-7,10-11,25H,8-9,12H2,1-3H3,(H,26,29)(H,27,30)(H,28,31). The highest BCUT2D eigenvalue weighted by Gasteiger charge is 2.15. The molecule has 3 amide bonds. The Hall–Kier alpha value is -3.32. The van der Waals surface area contributed by atoms with Crippen molar-refractivity contribution >= 4 is 45.9 Å². The number of aryl methyl sites for hydroxylation is 3. The van der Waals surface area contributed by atoms with Crippen LogP contribution in [0, 0.1) is 20.8 Å². The maximum absolute atomic E-state index is 12.4. The van der Waals surface area contributed by atoms with Gasteiger partial charge in [-0.15, -0.1) is 0 Å². The van der Waals surface area contributed by atoms with Crippen molar-refractivity contribution in [3.05, 3.63) is 63.8 Å². The number of halogens is 1. The van der Waals surface area contributed by atoms with Crippen molar-refractivity contribution in [1.29, 1.82) is 0 Å². The second-order valence-electron chi connectivity index (χ2n) is 7.56. The van der Waals surface area contributed by atoms with Gasteiger partial charge in [-0.25, -0.2) is 0 Å². The third-order valence-corrected chi connectivity index (χ3v) is 5.21. The van der Waals surface area contributed by atoms with E-state index in [9.17, 15) is 14.4 Å². The third-order valence-electron chi connectivity index (χ3n) is 4.96. The predicted octanol–water partition coefficient (Wildman–Crippen LogP) is 3.86. The second kappa shape index (κ2) is 9.66. The van der Waals surface area contributed by atoms with Gasteiger partial charge in [0.2, 0.25) is 17.7 Å². The fraction of sp³-hybridized carbons (Fsp3) is 0.261. The number of amides is 3. The molecule has 0 atom stereocenters. The van der Waals surface area contributed by atoms with Crippen LogP contribution in [0.3, 0.4) is 0 Å². The quantitative estimate of drug-likeness (QED) is 0.437. The fourth-order valence-electron chi connectivity index (χ4n) is 3.45. The van der Waals surface area contributed by atoms with Crippen molar-refractivity contribution in [2.75, 3.05) is 5.32 Å². The molecule has 8 heteroatoms. The molecule has 0 fully saturated rings. The molecule has 0 bridgehead atoms. The van der Waals surface area contributed by atoms with Crippen molar-refractivity contribution in [3.8, 4) is 0 Å². The SMILES string of the molecule is Cc1cc(C)c2[nH]c(C)c(CC(=O)NNC(=O)CCC(=O)Nc3ccc(Cl)cc3)c2c1. The summed E-state index contributed by atoms with van der Waals surface area (Å²) in [6.45, 7) is 5.97. The molecule has 3 aromatic rings. The Balaban J connectivity index is 1.48. The topological polar surface area (TPSA) is 103 Å². The van der Waals surface area contributed by atoms with E-state index in [2.05, 4.69) is 27.2 Å². The molecule has 0 aliphatic heterocycles. The van der Waals surface area contributed by atoms with Gasteiger partial charge < -0.3 is 10.3 Å². The minimum atomic E-state index is -0.443. The summed E-state index contributed by atoms with van der Waals surface area (Å²) in [6, 6.07) is 10.8. The average Bonchev–Trinajstić information content (AvgIpc) is 3.02. The monoisotopic (exact) mass is 440 g/mol. The number of carbonyl (C=O) groups excluding carboxylic acids is 3. The second-order valence-corrected chi connectivity index (χ2v) is 8.00. The number of anilines is 1. The molecule has 162 valence electrons. The lowest BCUT2D eigenvalue weighted by Crippen LogP contribution is -2.42. The number of H-pyrrole nitrogens is 1. The molecular weight excluding hydrogens is 416 g/mol. The van der Waals surface area contributed by atoms with Crippen LogP contribution in [0.4, 0.5) is 5.69 Å². The Kier molecular flexibility index (Phi) is 6.97. The van der Waals surface area contributed by atoms with Crippen molar-refractivity contribution in [1.82, 2.24) is 15.8 Å². The number of hydrazine groups is 1. The number of aromatic amines is 1. The van der Waals surface area contributed by atoms with Crippen LogP contribution in [0.5, 0.6) is 0 Å². The van der Waals surface area contributed by atoms with E-state index in [4.69, 9.17) is 11.6 Å². The van der Waals surface area contributed by atoms with Crippen molar-refractivity contribution < 1.29 is 14.4 Å². The summed E-state index contributed by atoms with van der Waals surface area (Å²) in [5, 5.41) is 4.26. The molecule has 0 spiro atoms. The van der Waals surface area contributed by atoms with Gasteiger partial charge in [0.25, 0.3) is 0 Å². The number of carbonyl (C=O) groups is 3. The molecule has 3 rings (SSSR count). The third kappa shape index (κ3) is 5.86. The number of fused-ring (bicyclic) bond motifs is 1. The lowest BCUT2D eigenvalue weighted by molar-refractivity contribution is -0.129. The van der Waals surface area contributed by atoms with Crippen molar-refractivity contribution in [2.45, 2.75) is 40.0 Å². The van der Waals surface area contributed by atoms with Crippen LogP contribution in [0.15, 0.2) is 36.4 Å². The summed E-state index contributed by atoms with van der Waals surface area (Å²) < 4.78 is 0. The van der Waals surface area contributed by atoms with Gasteiger partial charge in [-0.2, -0.15) is 0 Å². The van der Waals surface area contributed by atoms with E-state index in [-0.39, 0.29) is 31.1 Å². The van der Waals surface area contributed by atoms with Crippen molar-refractivity contribution in [3.63, 3.8) is 0 Å². The van der Waals surface area contributed by atoms with Crippen LogP contribution in [-0.4, -0.2) is 22.7 Å². The first-order valence-corrected chi connectivity index (χ1v) is 10.3. The molecular formula is C23H25ClN4O3. The maximum atomic E-state index is 12.4. The summed E-state index contributed by atoms with van der Waals surface area (Å²) >= 11 is 5.80. The summed E-state index contributed by atoms with van der Waals surface area (Å²) in [7, 11) is 0. The lowest BCUT2D eigenvalue weighted by Gasteiger charge is -2.08. The summed E-state index contributed by atoms with van der Waals surface area (Å²) in [4.78, 5) is 39.6. The minimum absolute atomic E-state index is 0.00948. The first kappa shape index (κ1) is 22.4. The maximum Gasteiger partial charge on any atom is 0.242 e. The van der Waals surface area contributed by atoms with Gasteiger partial charge in [-0.05, 0) is 62.2 Å². The van der Waals surface area contributed by atoms with E-state index in [0.29, 0.717) is 10.7 Å². The minimum Gasteiger partial charge on any atom is -0.358 e. The van der Waals surface area contributed by atoms with Crippen LogP contribution >= 0.6 is 11.6 Å². The number of rotatable bonds is 6. The molecule has 0 saturated heterocycles. The highest BCUT2D eigenvalue weighted by Crippen LogP contribution is 2.26. The Morgan fingerprint density at radius 2 is 1.55 bits per heavy atom. The Bertz CT molecular complexity index is 1140. The smallest absolute Gasteiger partial charge is 0.242 e. The first-order chi connectivity index (χ1) is 14.7. The lowest BCUT2D eigenvalue weighted by atomic mass is 10.0. The predicted molar refractivity (Wildman–Crippen MR) is 122 cm³/mol. The Morgan fingerprint density at radius 3 is 2.26 bits per heavy atom. The Morgan fingerprint density at radius 1 is 0.903 bits per heavy atom. The van der Waals surface area contributed by atoms with E-state index >= 15 is 0 Å². The van der Waals surface area contributed by atoms with E-state index in [1.54, 1.807) is 24.3 Å². The molecule has 31 heavy (non-hydrogen) atoms. The van der Waals surface area contributed by atoms with Crippen molar-refractivity contribution in [2.24, 2.45) is 0 Å². The van der Waals surface area contributed by atoms with Gasteiger partial charge in [-0.1, -0.05) is 23.2 Å². The van der Waals surface area contributed by atoms with Crippen LogP contribution < -0.4 is 16.2 Å². The fourth-order valence-corrected chi connectivity index (χ4v) is 3.58. The molecule has 4 N–H and O–H groups in total.